The van der Waals surface area contributed by atoms with Crippen LogP contribution in [0.15, 0.2) is 48.5 Å². The first-order valence-corrected chi connectivity index (χ1v) is 10.8. The average Bonchev–Trinajstić information content (AvgIpc) is 3.01. The summed E-state index contributed by atoms with van der Waals surface area (Å²) in [5, 5.41) is 0. The molecule has 0 aromatic heterocycles. The van der Waals surface area contributed by atoms with Crippen molar-refractivity contribution in [1.82, 2.24) is 9.80 Å². The number of benzene rings is 2. The Balaban J connectivity index is 1.43. The van der Waals surface area contributed by atoms with Gasteiger partial charge in [-0.25, -0.2) is 4.39 Å². The Hall–Kier alpha value is -2.28. The highest BCUT2D eigenvalue weighted by Gasteiger charge is 2.38. The summed E-state index contributed by atoms with van der Waals surface area (Å²) < 4.78 is 25.3. The van der Waals surface area contributed by atoms with Gasteiger partial charge in [-0.05, 0) is 41.7 Å². The Kier molecular flexibility index (Phi) is 5.54. The predicted molar refractivity (Wildman–Crippen MR) is 111 cm³/mol. The lowest BCUT2D eigenvalue weighted by Crippen LogP contribution is -2.46. The van der Waals surface area contributed by atoms with Crippen LogP contribution in [0.5, 0.6) is 0 Å². The Morgan fingerprint density at radius 2 is 1.83 bits per heavy atom. The SMILES string of the molecule is O=C([C@@H]1CCN2CCOC[C@H]2CO1)N1CCc2ccccc2[C@@H]1c1ccc(F)cc1. The van der Waals surface area contributed by atoms with Crippen LogP contribution in [0, 0.1) is 5.82 Å². The summed E-state index contributed by atoms with van der Waals surface area (Å²) in [5.41, 5.74) is 3.28. The average molecular weight is 410 g/mol. The summed E-state index contributed by atoms with van der Waals surface area (Å²) >= 11 is 0. The van der Waals surface area contributed by atoms with E-state index in [9.17, 15) is 9.18 Å². The van der Waals surface area contributed by atoms with Crippen LogP contribution in [0.3, 0.4) is 0 Å². The highest BCUT2D eigenvalue weighted by atomic mass is 19.1. The third-order valence-electron chi connectivity index (χ3n) is 6.55. The minimum atomic E-state index is -0.455. The molecule has 1 amide bonds. The van der Waals surface area contributed by atoms with E-state index < -0.39 is 6.10 Å². The molecule has 0 aliphatic carbocycles. The molecule has 158 valence electrons. The number of halogens is 1. The van der Waals surface area contributed by atoms with Gasteiger partial charge in [-0.1, -0.05) is 36.4 Å². The predicted octanol–water partition coefficient (Wildman–Crippen LogP) is 2.79. The molecule has 0 N–H and O–H groups in total. The molecule has 6 heteroatoms. The lowest BCUT2D eigenvalue weighted by atomic mass is 9.87. The van der Waals surface area contributed by atoms with Gasteiger partial charge in [0.15, 0.2) is 0 Å². The van der Waals surface area contributed by atoms with E-state index in [4.69, 9.17) is 9.47 Å². The van der Waals surface area contributed by atoms with Gasteiger partial charge < -0.3 is 14.4 Å². The van der Waals surface area contributed by atoms with Gasteiger partial charge >= 0.3 is 0 Å². The normalized spacial score (nSPS) is 27.1. The van der Waals surface area contributed by atoms with E-state index in [0.29, 0.717) is 26.2 Å². The Morgan fingerprint density at radius 1 is 1.00 bits per heavy atom. The number of carbonyl (C=O) groups is 1. The Labute approximate surface area is 176 Å². The third kappa shape index (κ3) is 3.75. The molecule has 2 saturated heterocycles. The minimum Gasteiger partial charge on any atom is -0.378 e. The van der Waals surface area contributed by atoms with E-state index >= 15 is 0 Å². The van der Waals surface area contributed by atoms with Crippen molar-refractivity contribution in [2.24, 2.45) is 0 Å². The van der Waals surface area contributed by atoms with Crippen LogP contribution in [0.4, 0.5) is 4.39 Å². The zero-order chi connectivity index (χ0) is 20.5. The summed E-state index contributed by atoms with van der Waals surface area (Å²) in [5.74, 6) is -0.244. The van der Waals surface area contributed by atoms with Gasteiger partial charge in [0.05, 0.1) is 31.9 Å². The van der Waals surface area contributed by atoms with E-state index in [1.807, 2.05) is 17.0 Å². The number of morpholine rings is 1. The fraction of sp³-hybridized carbons (Fsp3) is 0.458. The van der Waals surface area contributed by atoms with Crippen molar-refractivity contribution < 1.29 is 18.7 Å². The highest BCUT2D eigenvalue weighted by Crippen LogP contribution is 2.36. The van der Waals surface area contributed by atoms with Crippen molar-refractivity contribution in [3.63, 3.8) is 0 Å². The molecular formula is C24H27FN2O3. The number of ether oxygens (including phenoxy) is 2. The fourth-order valence-corrected chi connectivity index (χ4v) is 4.92. The molecule has 5 nitrogen and oxygen atoms in total. The van der Waals surface area contributed by atoms with Gasteiger partial charge in [0.2, 0.25) is 0 Å². The summed E-state index contributed by atoms with van der Waals surface area (Å²) in [6.45, 7) is 4.29. The molecule has 2 aromatic carbocycles. The molecule has 0 bridgehead atoms. The van der Waals surface area contributed by atoms with E-state index in [0.717, 1.165) is 37.2 Å². The Bertz CT molecular complexity index is 888. The van der Waals surface area contributed by atoms with Gasteiger partial charge in [0.1, 0.15) is 11.9 Å². The molecule has 0 radical (unpaired) electrons. The van der Waals surface area contributed by atoms with Crippen molar-refractivity contribution in [3.8, 4) is 0 Å². The van der Waals surface area contributed by atoms with Crippen molar-refractivity contribution in [2.45, 2.75) is 31.0 Å². The van der Waals surface area contributed by atoms with Crippen molar-refractivity contribution in [2.75, 3.05) is 39.5 Å². The van der Waals surface area contributed by atoms with E-state index in [-0.39, 0.29) is 23.8 Å². The van der Waals surface area contributed by atoms with Gasteiger partial charge in [-0.15, -0.1) is 0 Å². The van der Waals surface area contributed by atoms with Crippen molar-refractivity contribution in [3.05, 3.63) is 71.0 Å². The lowest BCUT2D eigenvalue weighted by Gasteiger charge is -2.39. The standard InChI is InChI=1S/C24H27FN2O3/c25-19-7-5-18(6-8-19)23-21-4-2-1-3-17(21)9-12-27(23)24(28)22-10-11-26-13-14-29-15-20(26)16-30-22/h1-8,20,22-23H,9-16H2/t20-,22-,23-/m0/s1. The molecule has 5 rings (SSSR count). The van der Waals surface area contributed by atoms with Gasteiger partial charge in [0.25, 0.3) is 5.91 Å². The summed E-state index contributed by atoms with van der Waals surface area (Å²) in [7, 11) is 0. The highest BCUT2D eigenvalue weighted by molar-refractivity contribution is 5.82. The topological polar surface area (TPSA) is 42.0 Å². The van der Waals surface area contributed by atoms with Gasteiger partial charge in [-0.2, -0.15) is 0 Å². The monoisotopic (exact) mass is 410 g/mol. The quantitative estimate of drug-likeness (QED) is 0.764. The summed E-state index contributed by atoms with van der Waals surface area (Å²) in [6.07, 6.45) is 1.04. The van der Waals surface area contributed by atoms with E-state index in [2.05, 4.69) is 17.0 Å². The molecule has 0 saturated carbocycles. The number of fused-ring (bicyclic) bond motifs is 2. The second-order valence-corrected chi connectivity index (χ2v) is 8.31. The zero-order valence-corrected chi connectivity index (χ0v) is 17.0. The number of carbonyl (C=O) groups excluding carboxylic acids is 1. The van der Waals surface area contributed by atoms with Crippen LogP contribution in [0.1, 0.15) is 29.2 Å². The van der Waals surface area contributed by atoms with Gasteiger partial charge in [-0.3, -0.25) is 9.69 Å². The smallest absolute Gasteiger partial charge is 0.252 e. The van der Waals surface area contributed by atoms with Gasteiger partial charge in [0, 0.05) is 19.6 Å². The lowest BCUT2D eigenvalue weighted by molar-refractivity contribution is -0.146. The summed E-state index contributed by atoms with van der Waals surface area (Å²) in [6, 6.07) is 14.7. The maximum atomic E-state index is 13.6. The number of nitrogens with zero attached hydrogens (tertiary/aromatic N) is 2. The molecule has 3 aliphatic heterocycles. The number of amides is 1. The van der Waals surface area contributed by atoms with Crippen LogP contribution in [0.2, 0.25) is 0 Å². The second kappa shape index (κ2) is 8.46. The van der Waals surface area contributed by atoms with Crippen molar-refractivity contribution >= 4 is 5.91 Å². The van der Waals surface area contributed by atoms with Crippen LogP contribution >= 0.6 is 0 Å². The van der Waals surface area contributed by atoms with E-state index in [1.54, 1.807) is 12.1 Å². The molecule has 30 heavy (non-hydrogen) atoms. The molecule has 3 aliphatic rings. The first-order chi connectivity index (χ1) is 14.7. The molecule has 2 aromatic rings. The van der Waals surface area contributed by atoms with Crippen LogP contribution in [-0.4, -0.2) is 67.3 Å². The maximum absolute atomic E-state index is 13.6. The van der Waals surface area contributed by atoms with Crippen LogP contribution < -0.4 is 0 Å². The van der Waals surface area contributed by atoms with E-state index in [1.165, 1.54) is 17.7 Å². The Morgan fingerprint density at radius 3 is 2.70 bits per heavy atom. The fourth-order valence-electron chi connectivity index (χ4n) is 4.92. The molecule has 0 unspecified atom stereocenters. The first-order valence-electron chi connectivity index (χ1n) is 10.8. The number of hydrogen-bond donors (Lipinski definition) is 0. The zero-order valence-electron chi connectivity index (χ0n) is 17.0. The van der Waals surface area contributed by atoms with Crippen LogP contribution in [-0.2, 0) is 20.7 Å². The van der Waals surface area contributed by atoms with Crippen molar-refractivity contribution in [1.29, 1.82) is 0 Å². The molecule has 3 atom stereocenters. The molecule has 0 spiro atoms. The maximum Gasteiger partial charge on any atom is 0.252 e. The largest absolute Gasteiger partial charge is 0.378 e. The molecule has 3 heterocycles. The minimum absolute atomic E-state index is 0.0274. The second-order valence-electron chi connectivity index (χ2n) is 8.31. The third-order valence-corrected chi connectivity index (χ3v) is 6.55. The van der Waals surface area contributed by atoms with Crippen LogP contribution in [0.25, 0.3) is 0 Å². The molecular weight excluding hydrogens is 383 g/mol. The summed E-state index contributed by atoms with van der Waals surface area (Å²) in [4.78, 5) is 18.0. The first kappa shape index (κ1) is 19.7. The number of hydrogen-bond acceptors (Lipinski definition) is 4. The number of rotatable bonds is 2. The molecule has 2 fully saturated rings.